The Bertz CT molecular complexity index is 328. The van der Waals surface area contributed by atoms with E-state index in [2.05, 4.69) is 29.2 Å². The number of hydrogen-bond acceptors (Lipinski definition) is 5. The van der Waals surface area contributed by atoms with Gasteiger partial charge in [-0.3, -0.25) is 0 Å². The van der Waals surface area contributed by atoms with E-state index in [9.17, 15) is 0 Å². The molecule has 1 atom stereocenters. The third kappa shape index (κ3) is 4.72. The van der Waals surface area contributed by atoms with E-state index in [0.29, 0.717) is 25.9 Å². The molecule has 104 valence electrons. The number of aromatic nitrogens is 3. The minimum Gasteiger partial charge on any atom is -0.382 e. The van der Waals surface area contributed by atoms with Crippen LogP contribution in [0.1, 0.15) is 25.7 Å². The predicted octanol–water partition coefficient (Wildman–Crippen LogP) is 0.652. The molecule has 18 heavy (non-hydrogen) atoms. The van der Waals surface area contributed by atoms with Crippen molar-refractivity contribution in [3.05, 3.63) is 12.2 Å². The maximum absolute atomic E-state index is 5.53. The molecule has 1 N–H and O–H groups in total. The summed E-state index contributed by atoms with van der Waals surface area (Å²) in [4.78, 5) is 4.30. The average molecular weight is 256 g/mol. The highest BCUT2D eigenvalue weighted by molar-refractivity contribution is 4.91. The third-order valence-corrected chi connectivity index (χ3v) is 2.72. The number of methoxy groups -OCH3 is 1. The van der Waals surface area contributed by atoms with Crippen LogP contribution in [0.2, 0.25) is 0 Å². The molecule has 1 aromatic rings. The van der Waals surface area contributed by atoms with Crippen molar-refractivity contribution in [3.8, 4) is 0 Å². The molecule has 0 radical (unpaired) electrons. The molecule has 0 amide bonds. The van der Waals surface area contributed by atoms with Crippen LogP contribution in [0.4, 0.5) is 0 Å². The van der Waals surface area contributed by atoms with Crippen LogP contribution >= 0.6 is 0 Å². The summed E-state index contributed by atoms with van der Waals surface area (Å²) in [5.74, 6) is 0.986. The lowest BCUT2D eigenvalue weighted by Crippen LogP contribution is -2.34. The van der Waals surface area contributed by atoms with Crippen LogP contribution in [0.25, 0.3) is 0 Å². The van der Waals surface area contributed by atoms with Gasteiger partial charge >= 0.3 is 0 Å². The lowest BCUT2D eigenvalue weighted by Gasteiger charge is -2.17. The monoisotopic (exact) mass is 256 g/mol. The van der Waals surface area contributed by atoms with Gasteiger partial charge in [-0.15, -0.1) is 0 Å². The molecule has 1 heterocycles. The van der Waals surface area contributed by atoms with Crippen LogP contribution in [0.15, 0.2) is 6.33 Å². The quantitative estimate of drug-likeness (QED) is 0.657. The van der Waals surface area contributed by atoms with E-state index in [1.807, 2.05) is 11.7 Å². The summed E-state index contributed by atoms with van der Waals surface area (Å²) in [6, 6.07) is 0.568. The molecule has 0 spiro atoms. The van der Waals surface area contributed by atoms with Gasteiger partial charge in [-0.1, -0.05) is 0 Å². The van der Waals surface area contributed by atoms with E-state index in [-0.39, 0.29) is 6.04 Å². The van der Waals surface area contributed by atoms with E-state index < -0.39 is 0 Å². The molecule has 6 heteroatoms. The minimum absolute atomic E-state index is 0.239. The second kappa shape index (κ2) is 8.18. The summed E-state index contributed by atoms with van der Waals surface area (Å²) < 4.78 is 12.4. The SMILES string of the molecule is CNC(COCCOC)Cc1ncnn1C(C)C. The number of nitrogens with one attached hydrogen (secondary N) is 1. The molecular formula is C12H24N4O2. The summed E-state index contributed by atoms with van der Waals surface area (Å²) in [7, 11) is 3.60. The van der Waals surface area contributed by atoms with Gasteiger partial charge in [0.05, 0.1) is 19.8 Å². The summed E-state index contributed by atoms with van der Waals surface area (Å²) in [6.45, 7) is 6.08. The van der Waals surface area contributed by atoms with Crippen molar-refractivity contribution in [1.82, 2.24) is 20.1 Å². The van der Waals surface area contributed by atoms with Crippen LogP contribution in [0.5, 0.6) is 0 Å². The fourth-order valence-electron chi connectivity index (χ4n) is 1.68. The second-order valence-corrected chi connectivity index (χ2v) is 4.47. The Balaban J connectivity index is 2.44. The zero-order valence-corrected chi connectivity index (χ0v) is 11.7. The number of nitrogens with zero attached hydrogens (tertiary/aromatic N) is 3. The van der Waals surface area contributed by atoms with Crippen molar-refractivity contribution in [2.75, 3.05) is 34.0 Å². The second-order valence-electron chi connectivity index (χ2n) is 4.47. The maximum atomic E-state index is 5.53. The van der Waals surface area contributed by atoms with Gasteiger partial charge in [0.25, 0.3) is 0 Å². The number of hydrogen-bond donors (Lipinski definition) is 1. The van der Waals surface area contributed by atoms with Crippen molar-refractivity contribution < 1.29 is 9.47 Å². The molecule has 0 saturated carbocycles. The van der Waals surface area contributed by atoms with E-state index in [1.54, 1.807) is 13.4 Å². The highest BCUT2D eigenvalue weighted by Gasteiger charge is 2.13. The largest absolute Gasteiger partial charge is 0.382 e. The average Bonchev–Trinajstić information content (AvgIpc) is 2.81. The summed E-state index contributed by atoms with van der Waals surface area (Å²) >= 11 is 0. The molecule has 0 fully saturated rings. The normalized spacial score (nSPS) is 13.2. The lowest BCUT2D eigenvalue weighted by molar-refractivity contribution is 0.0593. The fourth-order valence-corrected chi connectivity index (χ4v) is 1.68. The van der Waals surface area contributed by atoms with E-state index in [4.69, 9.17) is 9.47 Å². The van der Waals surface area contributed by atoms with Crippen molar-refractivity contribution in [2.45, 2.75) is 32.4 Å². The van der Waals surface area contributed by atoms with E-state index >= 15 is 0 Å². The zero-order chi connectivity index (χ0) is 13.4. The van der Waals surface area contributed by atoms with Crippen LogP contribution in [-0.2, 0) is 15.9 Å². The van der Waals surface area contributed by atoms with E-state index in [1.165, 1.54) is 0 Å². The zero-order valence-electron chi connectivity index (χ0n) is 11.7. The van der Waals surface area contributed by atoms with Gasteiger partial charge in [0.1, 0.15) is 12.2 Å². The fraction of sp³-hybridized carbons (Fsp3) is 0.833. The van der Waals surface area contributed by atoms with Crippen LogP contribution < -0.4 is 5.32 Å². The Morgan fingerprint density at radius 3 is 2.78 bits per heavy atom. The van der Waals surface area contributed by atoms with Gasteiger partial charge in [-0.05, 0) is 20.9 Å². The Morgan fingerprint density at radius 1 is 1.39 bits per heavy atom. The smallest absolute Gasteiger partial charge is 0.138 e. The van der Waals surface area contributed by atoms with E-state index in [0.717, 1.165) is 12.2 Å². The number of rotatable bonds is 9. The van der Waals surface area contributed by atoms with Gasteiger partial charge in [0.15, 0.2) is 0 Å². The number of likely N-dealkylation sites (N-methyl/N-ethyl adjacent to an activating group) is 1. The Kier molecular flexibility index (Phi) is 6.85. The highest BCUT2D eigenvalue weighted by Crippen LogP contribution is 2.07. The predicted molar refractivity (Wildman–Crippen MR) is 69.7 cm³/mol. The first-order valence-electron chi connectivity index (χ1n) is 6.31. The van der Waals surface area contributed by atoms with Crippen molar-refractivity contribution >= 4 is 0 Å². The van der Waals surface area contributed by atoms with Crippen molar-refractivity contribution in [1.29, 1.82) is 0 Å². The molecule has 0 aromatic carbocycles. The van der Waals surface area contributed by atoms with Crippen LogP contribution in [0.3, 0.4) is 0 Å². The first-order valence-corrected chi connectivity index (χ1v) is 6.31. The van der Waals surface area contributed by atoms with Crippen LogP contribution in [-0.4, -0.2) is 54.8 Å². The standard InChI is InChI=1S/C12H24N4O2/c1-10(2)16-12(14-9-15-16)7-11(13-3)8-18-6-5-17-4/h9-11,13H,5-8H2,1-4H3. The van der Waals surface area contributed by atoms with Gasteiger partial charge in [0, 0.05) is 25.6 Å². The molecule has 0 aliphatic carbocycles. The Hall–Kier alpha value is -0.980. The Labute approximate surface area is 109 Å². The van der Waals surface area contributed by atoms with Crippen molar-refractivity contribution in [2.24, 2.45) is 0 Å². The topological polar surface area (TPSA) is 61.2 Å². The molecule has 0 aliphatic rings. The molecule has 1 unspecified atom stereocenters. The minimum atomic E-state index is 0.239. The highest BCUT2D eigenvalue weighted by atomic mass is 16.5. The molecule has 0 aliphatic heterocycles. The first kappa shape index (κ1) is 15.1. The molecular weight excluding hydrogens is 232 g/mol. The van der Waals surface area contributed by atoms with Gasteiger partial charge in [-0.25, -0.2) is 9.67 Å². The third-order valence-electron chi connectivity index (χ3n) is 2.72. The summed E-state index contributed by atoms with van der Waals surface area (Å²) in [5, 5.41) is 7.47. The van der Waals surface area contributed by atoms with Gasteiger partial charge in [0.2, 0.25) is 0 Å². The summed E-state index contributed by atoms with van der Waals surface area (Å²) in [6.07, 6.45) is 2.41. The maximum Gasteiger partial charge on any atom is 0.138 e. The lowest BCUT2D eigenvalue weighted by atomic mass is 10.2. The molecule has 0 bridgehead atoms. The van der Waals surface area contributed by atoms with Gasteiger partial charge < -0.3 is 14.8 Å². The Morgan fingerprint density at radius 2 is 2.17 bits per heavy atom. The molecule has 1 aromatic heterocycles. The molecule has 6 nitrogen and oxygen atoms in total. The van der Waals surface area contributed by atoms with Gasteiger partial charge in [-0.2, -0.15) is 5.10 Å². The molecule has 0 saturated heterocycles. The van der Waals surface area contributed by atoms with Crippen LogP contribution in [0, 0.1) is 0 Å². The summed E-state index contributed by atoms with van der Waals surface area (Å²) in [5.41, 5.74) is 0. The number of ether oxygens (including phenoxy) is 2. The first-order chi connectivity index (χ1) is 8.69. The molecule has 1 rings (SSSR count). The van der Waals surface area contributed by atoms with Crippen molar-refractivity contribution in [3.63, 3.8) is 0 Å².